The van der Waals surface area contributed by atoms with Crippen LogP contribution < -0.4 is 4.74 Å². The average molecular weight is 425 g/mol. The van der Waals surface area contributed by atoms with E-state index in [1.54, 1.807) is 28.4 Å². The number of ether oxygens (including phenoxy) is 1. The number of para-hydroxylation sites is 1. The zero-order chi connectivity index (χ0) is 20.4. The Balaban J connectivity index is 1.59. The van der Waals surface area contributed by atoms with Crippen molar-refractivity contribution < 1.29 is 9.53 Å². The Labute approximate surface area is 178 Å². The van der Waals surface area contributed by atoms with Gasteiger partial charge >= 0.3 is 0 Å². The second-order valence-corrected chi connectivity index (χ2v) is 8.30. The van der Waals surface area contributed by atoms with Gasteiger partial charge in [0.15, 0.2) is 6.61 Å². The predicted octanol–water partition coefficient (Wildman–Crippen LogP) is 5.82. The number of aromatic nitrogens is 1. The number of aryl methyl sites for hydroxylation is 1. The number of carbonyl (C=O) groups excluding carboxylic acids is 1. The minimum Gasteiger partial charge on any atom is -0.484 e. The van der Waals surface area contributed by atoms with Gasteiger partial charge in [-0.1, -0.05) is 35.9 Å². The second kappa shape index (κ2) is 8.31. The van der Waals surface area contributed by atoms with Crippen LogP contribution in [0.3, 0.4) is 0 Å². The lowest BCUT2D eigenvalue weighted by Gasteiger charge is -2.27. The van der Waals surface area contributed by atoms with Gasteiger partial charge in [-0.2, -0.15) is 0 Å². The summed E-state index contributed by atoms with van der Waals surface area (Å²) >= 11 is 7.70. The molecule has 1 N–H and O–H groups in total. The maximum atomic E-state index is 13.0. The molecule has 0 aliphatic heterocycles. The van der Waals surface area contributed by atoms with Gasteiger partial charge in [-0.15, -0.1) is 11.3 Å². The van der Waals surface area contributed by atoms with Crippen molar-refractivity contribution in [2.75, 3.05) is 13.7 Å². The zero-order valence-corrected chi connectivity index (χ0v) is 17.8. The summed E-state index contributed by atoms with van der Waals surface area (Å²) in [6.07, 6.45) is 1.99. The fourth-order valence-corrected chi connectivity index (χ4v) is 4.42. The Hall–Kier alpha value is -2.76. The highest BCUT2D eigenvalue weighted by Gasteiger charge is 2.27. The smallest absolute Gasteiger partial charge is 0.261 e. The van der Waals surface area contributed by atoms with Crippen LogP contribution >= 0.6 is 22.9 Å². The predicted molar refractivity (Wildman–Crippen MR) is 119 cm³/mol. The summed E-state index contributed by atoms with van der Waals surface area (Å²) in [7, 11) is 1.82. The Kier molecular flexibility index (Phi) is 5.60. The van der Waals surface area contributed by atoms with Crippen molar-refractivity contribution in [1.82, 2.24) is 9.88 Å². The van der Waals surface area contributed by atoms with Gasteiger partial charge in [-0.25, -0.2) is 0 Å². The van der Waals surface area contributed by atoms with E-state index in [2.05, 4.69) is 17.1 Å². The quantitative estimate of drug-likeness (QED) is 0.424. The van der Waals surface area contributed by atoms with Crippen LogP contribution in [-0.2, 0) is 4.79 Å². The van der Waals surface area contributed by atoms with E-state index >= 15 is 0 Å². The van der Waals surface area contributed by atoms with Gasteiger partial charge < -0.3 is 14.6 Å². The molecular weight excluding hydrogens is 404 g/mol. The van der Waals surface area contributed by atoms with Crippen molar-refractivity contribution in [2.45, 2.75) is 13.0 Å². The van der Waals surface area contributed by atoms with Crippen LogP contribution in [0.25, 0.3) is 10.9 Å². The van der Waals surface area contributed by atoms with Crippen molar-refractivity contribution in [3.63, 3.8) is 0 Å². The van der Waals surface area contributed by atoms with Gasteiger partial charge in [0.25, 0.3) is 5.91 Å². The molecule has 2 heterocycles. The molecule has 4 rings (SSSR count). The highest BCUT2D eigenvalue weighted by atomic mass is 35.5. The van der Waals surface area contributed by atoms with Crippen LogP contribution in [0.5, 0.6) is 5.75 Å². The summed E-state index contributed by atoms with van der Waals surface area (Å²) in [6.45, 7) is 1.87. The van der Waals surface area contributed by atoms with E-state index in [1.165, 1.54) is 0 Å². The van der Waals surface area contributed by atoms with Crippen molar-refractivity contribution in [3.05, 3.63) is 87.2 Å². The lowest BCUT2D eigenvalue weighted by molar-refractivity contribution is -0.133. The zero-order valence-electron chi connectivity index (χ0n) is 16.2. The van der Waals surface area contributed by atoms with E-state index < -0.39 is 0 Å². The molecule has 29 heavy (non-hydrogen) atoms. The summed E-state index contributed by atoms with van der Waals surface area (Å²) in [6, 6.07) is 17.4. The molecule has 0 saturated heterocycles. The highest BCUT2D eigenvalue weighted by Crippen LogP contribution is 2.35. The number of halogens is 1. The van der Waals surface area contributed by atoms with Crippen LogP contribution in [0.4, 0.5) is 0 Å². The molecule has 6 heteroatoms. The Morgan fingerprint density at radius 1 is 1.21 bits per heavy atom. The number of hydrogen-bond acceptors (Lipinski definition) is 3. The maximum absolute atomic E-state index is 13.0. The van der Waals surface area contributed by atoms with Crippen molar-refractivity contribution in [3.8, 4) is 5.75 Å². The molecule has 0 bridgehead atoms. The monoisotopic (exact) mass is 424 g/mol. The minimum absolute atomic E-state index is 0.0399. The number of aromatic amines is 1. The summed E-state index contributed by atoms with van der Waals surface area (Å²) in [5.41, 5.74) is 3.04. The standard InChI is InChI=1S/C23H21ClN2O2S/c1-15-12-16(9-10-19(15)24)28-14-22(27)26(2)23(21-8-5-11-29-21)18-13-25-20-7-4-3-6-17(18)20/h3-13,23,25H,14H2,1-2H3/t23-/m0/s1. The third-order valence-electron chi connectivity index (χ3n) is 5.00. The third-order valence-corrected chi connectivity index (χ3v) is 6.35. The summed E-state index contributed by atoms with van der Waals surface area (Å²) in [4.78, 5) is 19.2. The first-order chi connectivity index (χ1) is 14.0. The molecule has 0 fully saturated rings. The van der Waals surface area contributed by atoms with Crippen molar-refractivity contribution in [2.24, 2.45) is 0 Å². The number of benzene rings is 2. The fourth-order valence-electron chi connectivity index (χ4n) is 3.42. The van der Waals surface area contributed by atoms with Gasteiger partial charge in [0.05, 0.1) is 6.04 Å². The number of H-pyrrole nitrogens is 1. The molecule has 0 unspecified atom stereocenters. The molecule has 0 spiro atoms. The van der Waals surface area contributed by atoms with E-state index in [-0.39, 0.29) is 18.6 Å². The topological polar surface area (TPSA) is 45.3 Å². The molecule has 1 amide bonds. The van der Waals surface area contributed by atoms with E-state index in [9.17, 15) is 4.79 Å². The second-order valence-electron chi connectivity index (χ2n) is 6.91. The van der Waals surface area contributed by atoms with Gasteiger partial charge in [0.1, 0.15) is 5.75 Å². The Bertz CT molecular complexity index is 1140. The summed E-state index contributed by atoms with van der Waals surface area (Å²) < 4.78 is 5.74. The van der Waals surface area contributed by atoms with Crippen LogP contribution in [0.2, 0.25) is 5.02 Å². The summed E-state index contributed by atoms with van der Waals surface area (Å²) in [5.74, 6) is 0.537. The van der Waals surface area contributed by atoms with E-state index in [4.69, 9.17) is 16.3 Å². The van der Waals surface area contributed by atoms with E-state index in [0.717, 1.165) is 26.9 Å². The van der Waals surface area contributed by atoms with Crippen LogP contribution in [-0.4, -0.2) is 29.4 Å². The third kappa shape index (κ3) is 4.02. The van der Waals surface area contributed by atoms with E-state index in [1.807, 2.05) is 55.9 Å². The number of hydrogen-bond donors (Lipinski definition) is 1. The van der Waals surface area contributed by atoms with Crippen LogP contribution in [0.15, 0.2) is 66.2 Å². The number of nitrogens with zero attached hydrogens (tertiary/aromatic N) is 1. The van der Waals surface area contributed by atoms with Crippen LogP contribution in [0, 0.1) is 6.92 Å². The molecule has 1 atom stereocenters. The molecule has 148 valence electrons. The van der Waals surface area contributed by atoms with Gasteiger partial charge in [-0.05, 0) is 48.2 Å². The maximum Gasteiger partial charge on any atom is 0.261 e. The molecule has 2 aromatic carbocycles. The first-order valence-electron chi connectivity index (χ1n) is 9.28. The molecule has 4 aromatic rings. The minimum atomic E-state index is -0.186. The Morgan fingerprint density at radius 3 is 2.79 bits per heavy atom. The highest BCUT2D eigenvalue weighted by molar-refractivity contribution is 7.10. The number of thiophene rings is 1. The molecule has 0 saturated carbocycles. The largest absolute Gasteiger partial charge is 0.484 e. The molecule has 0 aliphatic rings. The Morgan fingerprint density at radius 2 is 2.03 bits per heavy atom. The first kappa shape index (κ1) is 19.6. The van der Waals surface area contributed by atoms with Gasteiger partial charge in [-0.3, -0.25) is 4.79 Å². The number of rotatable bonds is 6. The van der Waals surface area contributed by atoms with E-state index in [0.29, 0.717) is 10.8 Å². The molecule has 2 aromatic heterocycles. The molecule has 0 radical (unpaired) electrons. The lowest BCUT2D eigenvalue weighted by Crippen LogP contribution is -2.35. The fraction of sp³-hybridized carbons (Fsp3) is 0.174. The van der Waals surface area contributed by atoms with Crippen molar-refractivity contribution in [1.29, 1.82) is 0 Å². The first-order valence-corrected chi connectivity index (χ1v) is 10.5. The van der Waals surface area contributed by atoms with Gasteiger partial charge in [0.2, 0.25) is 0 Å². The summed E-state index contributed by atoms with van der Waals surface area (Å²) in [5, 5.41) is 3.82. The van der Waals surface area contributed by atoms with Crippen molar-refractivity contribution >= 4 is 39.7 Å². The molecule has 0 aliphatic carbocycles. The number of amides is 1. The van der Waals surface area contributed by atoms with Gasteiger partial charge in [0, 0.05) is 39.6 Å². The average Bonchev–Trinajstić information content (AvgIpc) is 3.40. The number of fused-ring (bicyclic) bond motifs is 1. The molecule has 4 nitrogen and oxygen atoms in total. The number of carbonyl (C=O) groups is 1. The normalized spacial score (nSPS) is 12.1. The lowest BCUT2D eigenvalue weighted by atomic mass is 10.0. The molecular formula is C23H21ClN2O2S. The van der Waals surface area contributed by atoms with Crippen LogP contribution in [0.1, 0.15) is 22.0 Å². The number of likely N-dealkylation sites (N-methyl/N-ethyl adjacent to an activating group) is 1. The SMILES string of the molecule is Cc1cc(OCC(=O)N(C)[C@H](c2cccs2)c2c[nH]c3ccccc23)ccc1Cl. The number of nitrogens with one attached hydrogen (secondary N) is 1.